The van der Waals surface area contributed by atoms with E-state index in [-0.39, 0.29) is 5.91 Å². The highest BCUT2D eigenvalue weighted by Gasteiger charge is 2.28. The Morgan fingerprint density at radius 3 is 2.50 bits per heavy atom. The van der Waals surface area contributed by atoms with Crippen LogP contribution < -0.4 is 5.73 Å². The van der Waals surface area contributed by atoms with Gasteiger partial charge in [0, 0.05) is 18.2 Å². The molecular weight excluding hydrogens is 348 g/mol. The van der Waals surface area contributed by atoms with Crippen molar-refractivity contribution in [2.75, 3.05) is 6.54 Å². The number of nitrogens with two attached hydrogens (primary N) is 1. The van der Waals surface area contributed by atoms with Crippen molar-refractivity contribution in [3.05, 3.63) is 58.6 Å². The third-order valence-corrected chi connectivity index (χ3v) is 5.29. The summed E-state index contributed by atoms with van der Waals surface area (Å²) >= 11 is 6.01. The van der Waals surface area contributed by atoms with Crippen molar-refractivity contribution >= 4 is 23.4 Å². The molecule has 0 aromatic heterocycles. The minimum atomic E-state index is -0.556. The fourth-order valence-electron chi connectivity index (χ4n) is 3.60. The van der Waals surface area contributed by atoms with Crippen LogP contribution in [0.2, 0.25) is 5.02 Å². The van der Waals surface area contributed by atoms with Gasteiger partial charge in [0.25, 0.3) is 5.91 Å². The predicted molar refractivity (Wildman–Crippen MR) is 104 cm³/mol. The molecule has 0 spiro atoms. The van der Waals surface area contributed by atoms with Gasteiger partial charge in [0.1, 0.15) is 0 Å². The van der Waals surface area contributed by atoms with E-state index in [1.807, 2.05) is 35.2 Å². The fourth-order valence-corrected chi connectivity index (χ4v) is 3.81. The number of likely N-dealkylation sites (tertiary alicyclic amines) is 1. The van der Waals surface area contributed by atoms with Crippen molar-refractivity contribution in [3.63, 3.8) is 0 Å². The molecule has 2 N–H and O–H groups in total. The Hall–Kier alpha value is -2.33. The molecular formula is C21H23ClN2O2. The summed E-state index contributed by atoms with van der Waals surface area (Å²) in [5.74, 6) is -0.457. The number of primary amides is 1. The van der Waals surface area contributed by atoms with E-state index >= 15 is 0 Å². The van der Waals surface area contributed by atoms with E-state index in [2.05, 4.69) is 6.92 Å². The van der Waals surface area contributed by atoms with Gasteiger partial charge in [-0.15, -0.1) is 0 Å². The van der Waals surface area contributed by atoms with Gasteiger partial charge < -0.3 is 10.6 Å². The number of carbonyl (C=O) groups excluding carboxylic acids is 2. The molecule has 2 aromatic rings. The zero-order chi connectivity index (χ0) is 18.7. The molecule has 1 aliphatic heterocycles. The zero-order valence-electron chi connectivity index (χ0n) is 14.9. The molecule has 2 amide bonds. The van der Waals surface area contributed by atoms with E-state index in [1.54, 1.807) is 12.1 Å². The number of benzene rings is 2. The molecule has 0 bridgehead atoms. The van der Waals surface area contributed by atoms with Crippen LogP contribution in [-0.4, -0.2) is 29.3 Å². The molecule has 5 heteroatoms. The summed E-state index contributed by atoms with van der Waals surface area (Å²) in [5, 5.41) is 0.337. The first-order chi connectivity index (χ1) is 12.5. The monoisotopic (exact) mass is 370 g/mol. The van der Waals surface area contributed by atoms with Crippen molar-refractivity contribution in [1.82, 2.24) is 4.90 Å². The van der Waals surface area contributed by atoms with Crippen LogP contribution in [0, 0.1) is 0 Å². The van der Waals surface area contributed by atoms with Gasteiger partial charge in [-0.2, -0.15) is 0 Å². The van der Waals surface area contributed by atoms with Crippen molar-refractivity contribution in [2.24, 2.45) is 5.73 Å². The Morgan fingerprint density at radius 2 is 1.85 bits per heavy atom. The number of rotatable bonds is 5. The summed E-state index contributed by atoms with van der Waals surface area (Å²) in [5.41, 5.74) is 8.10. The van der Waals surface area contributed by atoms with E-state index in [1.165, 1.54) is 0 Å². The number of amides is 2. The van der Waals surface area contributed by atoms with Gasteiger partial charge in [-0.05, 0) is 54.7 Å². The summed E-state index contributed by atoms with van der Waals surface area (Å²) in [6, 6.07) is 13.0. The standard InChI is InChI=1S/C21H23ClN2O2/c1-2-4-17-5-3-12-24(17)21(26)15-8-6-14(7-9-15)16-10-11-19(22)18(13-16)20(23)25/h6-11,13,17H,2-5,12H2,1H3,(H2,23,25)/t17-/m1/s1. The number of carbonyl (C=O) groups is 2. The first-order valence-electron chi connectivity index (χ1n) is 9.02. The molecule has 3 rings (SSSR count). The minimum absolute atomic E-state index is 0.0985. The van der Waals surface area contributed by atoms with E-state index in [9.17, 15) is 9.59 Å². The Kier molecular flexibility index (Phi) is 5.62. The molecule has 1 aliphatic rings. The highest BCUT2D eigenvalue weighted by Crippen LogP contribution is 2.27. The van der Waals surface area contributed by atoms with Gasteiger partial charge in [-0.25, -0.2) is 0 Å². The van der Waals surface area contributed by atoms with Crippen LogP contribution in [0.1, 0.15) is 53.3 Å². The minimum Gasteiger partial charge on any atom is -0.366 e. The summed E-state index contributed by atoms with van der Waals surface area (Å²) < 4.78 is 0. The zero-order valence-corrected chi connectivity index (χ0v) is 15.6. The summed E-state index contributed by atoms with van der Waals surface area (Å²) in [6.07, 6.45) is 4.32. The lowest BCUT2D eigenvalue weighted by atomic mass is 10.0. The molecule has 136 valence electrons. The van der Waals surface area contributed by atoms with Crippen molar-refractivity contribution in [1.29, 1.82) is 0 Å². The molecule has 26 heavy (non-hydrogen) atoms. The van der Waals surface area contributed by atoms with Crippen LogP contribution in [0.4, 0.5) is 0 Å². The van der Waals surface area contributed by atoms with Gasteiger partial charge >= 0.3 is 0 Å². The molecule has 1 fully saturated rings. The maximum atomic E-state index is 12.8. The van der Waals surface area contributed by atoms with E-state index in [0.29, 0.717) is 22.2 Å². The highest BCUT2D eigenvalue weighted by molar-refractivity contribution is 6.33. The van der Waals surface area contributed by atoms with Gasteiger partial charge in [0.15, 0.2) is 0 Å². The SMILES string of the molecule is CCC[C@@H]1CCCN1C(=O)c1ccc(-c2ccc(Cl)c(C(N)=O)c2)cc1. The molecule has 1 atom stereocenters. The summed E-state index contributed by atoms with van der Waals surface area (Å²) in [6.45, 7) is 2.99. The highest BCUT2D eigenvalue weighted by atomic mass is 35.5. The Morgan fingerprint density at radius 1 is 1.15 bits per heavy atom. The topological polar surface area (TPSA) is 63.4 Å². The molecule has 4 nitrogen and oxygen atoms in total. The number of halogens is 1. The van der Waals surface area contributed by atoms with Crippen LogP contribution in [0.3, 0.4) is 0 Å². The lowest BCUT2D eigenvalue weighted by Gasteiger charge is -2.24. The van der Waals surface area contributed by atoms with Crippen molar-refractivity contribution in [3.8, 4) is 11.1 Å². The second kappa shape index (κ2) is 7.92. The van der Waals surface area contributed by atoms with Gasteiger partial charge in [-0.1, -0.05) is 43.1 Å². The van der Waals surface area contributed by atoms with Crippen LogP contribution in [0.25, 0.3) is 11.1 Å². The van der Waals surface area contributed by atoms with Crippen molar-refractivity contribution < 1.29 is 9.59 Å². The molecule has 0 unspecified atom stereocenters. The number of hydrogen-bond donors (Lipinski definition) is 1. The number of hydrogen-bond acceptors (Lipinski definition) is 2. The smallest absolute Gasteiger partial charge is 0.254 e. The predicted octanol–water partition coefficient (Wildman–Crippen LogP) is 4.51. The lowest BCUT2D eigenvalue weighted by molar-refractivity contribution is 0.0730. The average molecular weight is 371 g/mol. The normalized spacial score (nSPS) is 16.7. The molecule has 2 aromatic carbocycles. The first-order valence-corrected chi connectivity index (χ1v) is 9.39. The van der Waals surface area contributed by atoms with Crippen LogP contribution in [-0.2, 0) is 0 Å². The Bertz CT molecular complexity index is 817. The Balaban J connectivity index is 1.81. The quantitative estimate of drug-likeness (QED) is 0.841. The lowest BCUT2D eigenvalue weighted by Crippen LogP contribution is -2.35. The van der Waals surface area contributed by atoms with Crippen LogP contribution >= 0.6 is 11.6 Å². The fraction of sp³-hybridized carbons (Fsp3) is 0.333. The maximum absolute atomic E-state index is 12.8. The molecule has 0 saturated carbocycles. The van der Waals surface area contributed by atoms with Gasteiger partial charge in [0.05, 0.1) is 10.6 Å². The van der Waals surface area contributed by atoms with E-state index < -0.39 is 5.91 Å². The third kappa shape index (κ3) is 3.75. The van der Waals surface area contributed by atoms with Gasteiger partial charge in [-0.3, -0.25) is 9.59 Å². The molecule has 0 radical (unpaired) electrons. The molecule has 0 aliphatic carbocycles. The average Bonchev–Trinajstić information content (AvgIpc) is 3.10. The van der Waals surface area contributed by atoms with E-state index in [4.69, 9.17) is 17.3 Å². The largest absolute Gasteiger partial charge is 0.366 e. The van der Waals surface area contributed by atoms with Gasteiger partial charge in [0.2, 0.25) is 5.91 Å². The second-order valence-electron chi connectivity index (χ2n) is 6.72. The first kappa shape index (κ1) is 18.5. The molecule has 1 heterocycles. The summed E-state index contributed by atoms with van der Waals surface area (Å²) in [4.78, 5) is 26.3. The number of nitrogens with zero attached hydrogens (tertiary/aromatic N) is 1. The Labute approximate surface area is 158 Å². The summed E-state index contributed by atoms with van der Waals surface area (Å²) in [7, 11) is 0. The van der Waals surface area contributed by atoms with Crippen LogP contribution in [0.5, 0.6) is 0 Å². The molecule has 1 saturated heterocycles. The third-order valence-electron chi connectivity index (χ3n) is 4.96. The van der Waals surface area contributed by atoms with Crippen LogP contribution in [0.15, 0.2) is 42.5 Å². The van der Waals surface area contributed by atoms with E-state index in [0.717, 1.165) is 43.4 Å². The maximum Gasteiger partial charge on any atom is 0.254 e. The second-order valence-corrected chi connectivity index (χ2v) is 7.13. The van der Waals surface area contributed by atoms with Crippen molar-refractivity contribution in [2.45, 2.75) is 38.6 Å².